The van der Waals surface area contributed by atoms with Crippen LogP contribution in [0.2, 0.25) is 0 Å². The van der Waals surface area contributed by atoms with Crippen molar-refractivity contribution in [2.75, 3.05) is 0 Å². The molecule has 2 aromatic heterocycles. The Morgan fingerprint density at radius 3 is 2.66 bits per heavy atom. The molecule has 2 aromatic rings. The summed E-state index contributed by atoms with van der Waals surface area (Å²) in [4.78, 5) is 34.4. The van der Waals surface area contributed by atoms with Gasteiger partial charge in [0.15, 0.2) is 5.82 Å². The molecule has 1 aliphatic heterocycles. The molecule has 0 spiro atoms. The van der Waals surface area contributed by atoms with E-state index in [1.165, 1.54) is 12.8 Å². The Morgan fingerprint density at radius 1 is 1.07 bits per heavy atom. The zero-order valence-electron chi connectivity index (χ0n) is 16.8. The lowest BCUT2D eigenvalue weighted by molar-refractivity contribution is 0.0927. The van der Waals surface area contributed by atoms with Gasteiger partial charge in [-0.25, -0.2) is 4.98 Å². The maximum Gasteiger partial charge on any atom is 0.287 e. The first-order chi connectivity index (χ1) is 14.2. The van der Waals surface area contributed by atoms with Gasteiger partial charge in [0.25, 0.3) is 11.8 Å². The number of aromatic nitrogens is 3. The van der Waals surface area contributed by atoms with E-state index in [4.69, 9.17) is 0 Å². The van der Waals surface area contributed by atoms with E-state index < -0.39 is 0 Å². The summed E-state index contributed by atoms with van der Waals surface area (Å²) in [5.41, 5.74) is 2.26. The predicted octanol–water partition coefficient (Wildman–Crippen LogP) is 3.00. The van der Waals surface area contributed by atoms with Crippen LogP contribution in [0.25, 0.3) is 0 Å². The van der Waals surface area contributed by atoms with Gasteiger partial charge in [-0.15, -0.1) is 0 Å². The second-order valence-electron chi connectivity index (χ2n) is 8.05. The number of nitrogens with zero attached hydrogens (tertiary/aromatic N) is 3. The van der Waals surface area contributed by atoms with Gasteiger partial charge in [0.05, 0.1) is 5.69 Å². The minimum atomic E-state index is -0.245. The highest BCUT2D eigenvalue weighted by atomic mass is 16.2. The second kappa shape index (κ2) is 9.20. The molecule has 4 rings (SSSR count). The number of hydrogen-bond acceptors (Lipinski definition) is 4. The lowest BCUT2D eigenvalue weighted by Gasteiger charge is -2.18. The summed E-state index contributed by atoms with van der Waals surface area (Å²) >= 11 is 0. The number of carbonyl (C=O) groups excluding carboxylic acids is 2. The fourth-order valence-corrected chi connectivity index (χ4v) is 4.34. The molecule has 1 fully saturated rings. The van der Waals surface area contributed by atoms with Crippen LogP contribution in [0.3, 0.4) is 0 Å². The summed E-state index contributed by atoms with van der Waals surface area (Å²) in [6.45, 7) is 1.12. The Balaban J connectivity index is 1.50. The first-order valence-electron chi connectivity index (χ1n) is 10.8. The van der Waals surface area contributed by atoms with E-state index in [-0.39, 0.29) is 17.9 Å². The minimum absolute atomic E-state index is 0.131. The maximum atomic E-state index is 13.0. The number of carbonyl (C=O) groups is 2. The normalized spacial score (nSPS) is 17.2. The Morgan fingerprint density at radius 2 is 1.90 bits per heavy atom. The highest BCUT2D eigenvalue weighted by molar-refractivity contribution is 5.97. The fourth-order valence-electron chi connectivity index (χ4n) is 4.34. The second-order valence-corrected chi connectivity index (χ2v) is 8.05. The van der Waals surface area contributed by atoms with Gasteiger partial charge in [0.1, 0.15) is 5.69 Å². The van der Waals surface area contributed by atoms with E-state index in [0.29, 0.717) is 18.1 Å². The Labute approximate surface area is 171 Å². The molecule has 0 radical (unpaired) electrons. The molecule has 0 unspecified atom stereocenters. The first kappa shape index (κ1) is 19.6. The zero-order valence-corrected chi connectivity index (χ0v) is 16.8. The molecule has 2 N–H and O–H groups in total. The minimum Gasteiger partial charge on any atom is -0.348 e. The average Bonchev–Trinajstić information content (AvgIpc) is 2.96. The Bertz CT molecular complexity index is 854. The van der Waals surface area contributed by atoms with Crippen molar-refractivity contribution in [3.8, 4) is 0 Å². The molecule has 0 atom stereocenters. The summed E-state index contributed by atoms with van der Waals surface area (Å²) in [6.07, 6.45) is 13.1. The Hall–Kier alpha value is -2.70. The molecule has 2 amide bonds. The van der Waals surface area contributed by atoms with Crippen molar-refractivity contribution < 1.29 is 9.59 Å². The summed E-state index contributed by atoms with van der Waals surface area (Å²) < 4.78 is 1.93. The first-order valence-corrected chi connectivity index (χ1v) is 10.8. The van der Waals surface area contributed by atoms with Crippen LogP contribution in [0, 0.1) is 0 Å². The van der Waals surface area contributed by atoms with Gasteiger partial charge in [0.2, 0.25) is 0 Å². The van der Waals surface area contributed by atoms with E-state index in [2.05, 4.69) is 20.6 Å². The van der Waals surface area contributed by atoms with E-state index in [0.717, 1.165) is 62.7 Å². The molecule has 7 nitrogen and oxygen atoms in total. The van der Waals surface area contributed by atoms with E-state index in [1.807, 2.05) is 16.7 Å². The van der Waals surface area contributed by atoms with Crippen molar-refractivity contribution >= 4 is 11.8 Å². The maximum absolute atomic E-state index is 13.0. The summed E-state index contributed by atoms with van der Waals surface area (Å²) in [5.74, 6) is -0.0333. The van der Waals surface area contributed by atoms with E-state index in [1.54, 1.807) is 12.4 Å². The van der Waals surface area contributed by atoms with Crippen LogP contribution in [0.1, 0.15) is 83.7 Å². The number of rotatable bonds is 5. The van der Waals surface area contributed by atoms with E-state index in [9.17, 15) is 9.59 Å². The number of imidazole rings is 1. The molecular formula is C22H29N5O2. The van der Waals surface area contributed by atoms with Crippen molar-refractivity contribution in [2.45, 2.75) is 76.9 Å². The van der Waals surface area contributed by atoms with Crippen molar-refractivity contribution in [2.24, 2.45) is 0 Å². The molecule has 0 aromatic carbocycles. The molecule has 1 saturated carbocycles. The lowest BCUT2D eigenvalue weighted by Crippen LogP contribution is -2.35. The number of amides is 2. The topological polar surface area (TPSA) is 88.9 Å². The molecular weight excluding hydrogens is 366 g/mol. The molecule has 0 saturated heterocycles. The molecule has 0 bridgehead atoms. The predicted molar refractivity (Wildman–Crippen MR) is 110 cm³/mol. The van der Waals surface area contributed by atoms with Crippen LogP contribution in [-0.4, -0.2) is 32.4 Å². The smallest absolute Gasteiger partial charge is 0.287 e. The largest absolute Gasteiger partial charge is 0.348 e. The van der Waals surface area contributed by atoms with Crippen LogP contribution < -0.4 is 10.6 Å². The third-order valence-corrected chi connectivity index (χ3v) is 5.90. The number of nitrogens with one attached hydrogen (secondary N) is 2. The van der Waals surface area contributed by atoms with Gasteiger partial charge < -0.3 is 15.2 Å². The molecule has 3 heterocycles. The third-order valence-electron chi connectivity index (χ3n) is 5.90. The molecule has 29 heavy (non-hydrogen) atoms. The highest BCUT2D eigenvalue weighted by Gasteiger charge is 2.28. The van der Waals surface area contributed by atoms with Crippen LogP contribution in [0.5, 0.6) is 0 Å². The zero-order chi connectivity index (χ0) is 20.1. The average molecular weight is 396 g/mol. The van der Waals surface area contributed by atoms with E-state index >= 15 is 0 Å². The molecule has 1 aliphatic carbocycles. The van der Waals surface area contributed by atoms with Crippen LogP contribution >= 0.6 is 0 Å². The summed E-state index contributed by atoms with van der Waals surface area (Å²) in [5, 5.41) is 6.09. The molecule has 154 valence electrons. The standard InChI is InChI=1S/C22H29N5O2/c28-21(25-17-9-3-1-2-4-10-17)19-18-11-5-6-13-27(18)20(26-19)22(29)24-15-16-8-7-12-23-14-16/h7-8,12,14,17H,1-6,9-11,13,15H2,(H,24,29)(H,25,28). The molecule has 7 heteroatoms. The summed E-state index contributed by atoms with van der Waals surface area (Å²) in [6, 6.07) is 3.98. The quantitative estimate of drug-likeness (QED) is 0.762. The lowest BCUT2D eigenvalue weighted by atomic mass is 10.1. The van der Waals surface area contributed by atoms with Gasteiger partial charge >= 0.3 is 0 Å². The van der Waals surface area contributed by atoms with Crippen molar-refractivity contribution in [3.05, 3.63) is 47.3 Å². The number of pyridine rings is 1. The van der Waals surface area contributed by atoms with Crippen molar-refractivity contribution in [3.63, 3.8) is 0 Å². The highest BCUT2D eigenvalue weighted by Crippen LogP contribution is 2.23. The van der Waals surface area contributed by atoms with Gasteiger partial charge in [-0.2, -0.15) is 0 Å². The SMILES string of the molecule is O=C(NC1CCCCCC1)c1nc(C(=O)NCc2cccnc2)n2c1CCCC2. The van der Waals surface area contributed by atoms with Crippen molar-refractivity contribution in [1.82, 2.24) is 25.2 Å². The number of fused-ring (bicyclic) bond motifs is 1. The van der Waals surface area contributed by atoms with Crippen LogP contribution in [0.15, 0.2) is 24.5 Å². The van der Waals surface area contributed by atoms with Crippen molar-refractivity contribution in [1.29, 1.82) is 0 Å². The number of hydrogen-bond donors (Lipinski definition) is 2. The van der Waals surface area contributed by atoms with Crippen LogP contribution in [0.4, 0.5) is 0 Å². The van der Waals surface area contributed by atoms with Gasteiger partial charge in [-0.3, -0.25) is 14.6 Å². The Kier molecular flexibility index (Phi) is 6.22. The van der Waals surface area contributed by atoms with Gasteiger partial charge in [0, 0.05) is 31.5 Å². The monoisotopic (exact) mass is 395 g/mol. The van der Waals surface area contributed by atoms with Crippen LogP contribution in [-0.2, 0) is 19.5 Å². The van der Waals surface area contributed by atoms with Gasteiger partial charge in [-0.05, 0) is 43.7 Å². The third kappa shape index (κ3) is 4.66. The summed E-state index contributed by atoms with van der Waals surface area (Å²) in [7, 11) is 0. The van der Waals surface area contributed by atoms with Gasteiger partial charge in [-0.1, -0.05) is 31.7 Å². The molecule has 2 aliphatic rings. The fraction of sp³-hybridized carbons (Fsp3) is 0.545.